The van der Waals surface area contributed by atoms with Crippen LogP contribution in [0.25, 0.3) is 0 Å². The van der Waals surface area contributed by atoms with Gasteiger partial charge in [-0.05, 0) is 6.42 Å². The Morgan fingerprint density at radius 2 is 2.06 bits per heavy atom. The number of phenolic OH excluding ortho intramolecular Hbond substituents is 1. The van der Waals surface area contributed by atoms with Crippen LogP contribution >= 0.6 is 0 Å². The van der Waals surface area contributed by atoms with Crippen molar-refractivity contribution in [3.63, 3.8) is 0 Å². The highest BCUT2D eigenvalue weighted by Crippen LogP contribution is 2.39. The van der Waals surface area contributed by atoms with E-state index in [1.54, 1.807) is 0 Å². The summed E-state index contributed by atoms with van der Waals surface area (Å²) in [5, 5.41) is 18.3. The van der Waals surface area contributed by atoms with Gasteiger partial charge in [0.25, 0.3) is 0 Å². The van der Waals surface area contributed by atoms with Crippen molar-refractivity contribution in [3.05, 3.63) is 17.4 Å². The van der Waals surface area contributed by atoms with E-state index in [0.29, 0.717) is 0 Å². The lowest BCUT2D eigenvalue weighted by Crippen LogP contribution is -2.14. The molecular weight excluding hydrogens is 243 g/mol. The van der Waals surface area contributed by atoms with Crippen molar-refractivity contribution in [3.8, 4) is 17.2 Å². The van der Waals surface area contributed by atoms with Crippen LogP contribution in [0, 0.1) is 11.7 Å². The Morgan fingerprint density at radius 1 is 1.44 bits per heavy atom. The molecule has 1 atom stereocenters. The molecule has 6 heteroatoms. The van der Waals surface area contributed by atoms with E-state index >= 15 is 0 Å². The third-order valence-corrected chi connectivity index (χ3v) is 2.61. The van der Waals surface area contributed by atoms with E-state index < -0.39 is 23.5 Å². The maximum Gasteiger partial charge on any atom is 0.306 e. The van der Waals surface area contributed by atoms with Gasteiger partial charge < -0.3 is 19.7 Å². The number of carboxylic acid groups (broad SMARTS) is 1. The van der Waals surface area contributed by atoms with E-state index in [4.69, 9.17) is 14.6 Å². The monoisotopic (exact) mass is 258 g/mol. The highest BCUT2D eigenvalue weighted by Gasteiger charge is 2.23. The molecule has 5 nitrogen and oxygen atoms in total. The zero-order valence-electron chi connectivity index (χ0n) is 10.4. The number of carboxylic acids is 1. The average molecular weight is 258 g/mol. The second-order valence-electron chi connectivity index (χ2n) is 3.87. The Kier molecular flexibility index (Phi) is 4.36. The van der Waals surface area contributed by atoms with E-state index in [1.165, 1.54) is 21.1 Å². The van der Waals surface area contributed by atoms with E-state index in [-0.39, 0.29) is 23.5 Å². The summed E-state index contributed by atoms with van der Waals surface area (Å²) in [4.78, 5) is 10.8. The minimum Gasteiger partial charge on any atom is -0.505 e. The van der Waals surface area contributed by atoms with Crippen molar-refractivity contribution in [2.24, 2.45) is 5.92 Å². The Hall–Kier alpha value is -1.98. The zero-order valence-corrected chi connectivity index (χ0v) is 10.4. The van der Waals surface area contributed by atoms with Gasteiger partial charge in [0.05, 0.1) is 20.1 Å². The zero-order chi connectivity index (χ0) is 13.9. The molecule has 0 saturated heterocycles. The number of phenols is 1. The number of halogens is 1. The molecule has 0 aromatic heterocycles. The maximum atomic E-state index is 13.8. The fourth-order valence-electron chi connectivity index (χ4n) is 1.61. The highest BCUT2D eigenvalue weighted by molar-refractivity contribution is 5.70. The third-order valence-electron chi connectivity index (χ3n) is 2.61. The lowest BCUT2D eigenvalue weighted by molar-refractivity contribution is -0.141. The summed E-state index contributed by atoms with van der Waals surface area (Å²) in [5.74, 6) is -3.09. The van der Waals surface area contributed by atoms with Crippen LogP contribution in [0.1, 0.15) is 12.5 Å². The average Bonchev–Trinajstić information content (AvgIpc) is 2.34. The van der Waals surface area contributed by atoms with Gasteiger partial charge in [-0.25, -0.2) is 4.39 Å². The van der Waals surface area contributed by atoms with Crippen LogP contribution in [0.2, 0.25) is 0 Å². The van der Waals surface area contributed by atoms with Crippen molar-refractivity contribution < 1.29 is 28.9 Å². The number of aliphatic carboxylic acids is 1. The molecule has 1 unspecified atom stereocenters. The number of hydrogen-bond donors (Lipinski definition) is 2. The summed E-state index contributed by atoms with van der Waals surface area (Å²) in [5.41, 5.74) is -0.00995. The minimum atomic E-state index is -1.06. The van der Waals surface area contributed by atoms with Gasteiger partial charge in [-0.2, -0.15) is 0 Å². The Balaban J connectivity index is 3.30. The van der Waals surface area contributed by atoms with Gasteiger partial charge in [0.1, 0.15) is 0 Å². The number of aromatic hydroxyl groups is 1. The predicted octanol–water partition coefficient (Wildman–Crippen LogP) is 1.81. The maximum absolute atomic E-state index is 13.8. The molecule has 1 rings (SSSR count). The molecule has 18 heavy (non-hydrogen) atoms. The number of rotatable bonds is 5. The molecule has 0 heterocycles. The van der Waals surface area contributed by atoms with Gasteiger partial charge >= 0.3 is 5.97 Å². The summed E-state index contributed by atoms with van der Waals surface area (Å²) in [6, 6.07) is 1.09. The molecule has 0 bridgehead atoms. The van der Waals surface area contributed by atoms with Gasteiger partial charge in [0.15, 0.2) is 23.1 Å². The summed E-state index contributed by atoms with van der Waals surface area (Å²) >= 11 is 0. The van der Waals surface area contributed by atoms with Gasteiger partial charge in [-0.3, -0.25) is 4.79 Å². The topological polar surface area (TPSA) is 76.0 Å². The summed E-state index contributed by atoms with van der Waals surface area (Å²) in [7, 11) is 2.67. The SMILES string of the molecule is COc1cc(O)c(F)c(CC(C)C(=O)O)c1OC. The van der Waals surface area contributed by atoms with Crippen molar-refractivity contribution in [1.82, 2.24) is 0 Å². The smallest absolute Gasteiger partial charge is 0.306 e. The van der Waals surface area contributed by atoms with Crippen LogP contribution in [0.15, 0.2) is 6.07 Å². The standard InChI is InChI=1S/C12H15FO5/c1-6(12(15)16)4-7-10(13)8(14)5-9(17-2)11(7)18-3/h5-6,14H,4H2,1-3H3,(H,15,16). The van der Waals surface area contributed by atoms with Gasteiger partial charge in [0, 0.05) is 11.6 Å². The second kappa shape index (κ2) is 5.57. The minimum absolute atomic E-state index is 0.00995. The van der Waals surface area contributed by atoms with E-state index in [0.717, 1.165) is 6.07 Å². The molecule has 2 N–H and O–H groups in total. The van der Waals surface area contributed by atoms with Crippen LogP contribution in [0.3, 0.4) is 0 Å². The van der Waals surface area contributed by atoms with Gasteiger partial charge in [-0.1, -0.05) is 6.92 Å². The largest absolute Gasteiger partial charge is 0.505 e. The fraction of sp³-hybridized carbons (Fsp3) is 0.417. The first-order valence-electron chi connectivity index (χ1n) is 5.27. The molecule has 0 radical (unpaired) electrons. The van der Waals surface area contributed by atoms with E-state index in [2.05, 4.69) is 0 Å². The summed E-state index contributed by atoms with van der Waals surface area (Å²) in [6.45, 7) is 1.44. The Labute approximate surface area is 104 Å². The van der Waals surface area contributed by atoms with E-state index in [9.17, 15) is 14.3 Å². The van der Waals surface area contributed by atoms with Crippen molar-refractivity contribution in [2.75, 3.05) is 14.2 Å². The molecule has 0 aliphatic carbocycles. The molecule has 0 aliphatic heterocycles. The lowest BCUT2D eigenvalue weighted by Gasteiger charge is -2.16. The fourth-order valence-corrected chi connectivity index (χ4v) is 1.61. The molecule has 0 aliphatic rings. The van der Waals surface area contributed by atoms with Crippen molar-refractivity contribution in [2.45, 2.75) is 13.3 Å². The number of hydrogen-bond acceptors (Lipinski definition) is 4. The van der Waals surface area contributed by atoms with Crippen LogP contribution in [-0.4, -0.2) is 30.4 Å². The number of ether oxygens (including phenoxy) is 2. The number of benzene rings is 1. The third kappa shape index (κ3) is 2.64. The summed E-state index contributed by atoms with van der Waals surface area (Å²) in [6.07, 6.45) is -0.102. The lowest BCUT2D eigenvalue weighted by atomic mass is 9.99. The van der Waals surface area contributed by atoms with Crippen molar-refractivity contribution >= 4 is 5.97 Å². The van der Waals surface area contributed by atoms with Gasteiger partial charge in [0.2, 0.25) is 0 Å². The van der Waals surface area contributed by atoms with Crippen molar-refractivity contribution in [1.29, 1.82) is 0 Å². The highest BCUT2D eigenvalue weighted by atomic mass is 19.1. The quantitative estimate of drug-likeness (QED) is 0.842. The van der Waals surface area contributed by atoms with Gasteiger partial charge in [-0.15, -0.1) is 0 Å². The first-order valence-corrected chi connectivity index (χ1v) is 5.27. The molecule has 0 fully saturated rings. The van der Waals surface area contributed by atoms with Crippen LogP contribution in [0.4, 0.5) is 4.39 Å². The molecule has 1 aromatic carbocycles. The molecule has 0 spiro atoms. The molecule has 1 aromatic rings. The Bertz CT molecular complexity index is 458. The number of carbonyl (C=O) groups is 1. The molecular formula is C12H15FO5. The van der Waals surface area contributed by atoms with E-state index in [1.807, 2.05) is 0 Å². The molecule has 0 amide bonds. The second-order valence-corrected chi connectivity index (χ2v) is 3.87. The van der Waals surface area contributed by atoms with Crippen LogP contribution in [-0.2, 0) is 11.2 Å². The van der Waals surface area contributed by atoms with Crippen LogP contribution in [0.5, 0.6) is 17.2 Å². The predicted molar refractivity (Wildman–Crippen MR) is 61.7 cm³/mol. The van der Waals surface area contributed by atoms with Crippen LogP contribution < -0.4 is 9.47 Å². The first-order chi connectivity index (χ1) is 8.42. The number of methoxy groups -OCH3 is 2. The molecule has 0 saturated carbocycles. The summed E-state index contributed by atoms with van der Waals surface area (Å²) < 4.78 is 23.8. The first kappa shape index (κ1) is 14.1. The Morgan fingerprint density at radius 3 is 2.50 bits per heavy atom. The molecule has 100 valence electrons. The normalized spacial score (nSPS) is 12.0.